The van der Waals surface area contributed by atoms with Gasteiger partial charge in [-0.25, -0.2) is 0 Å². The molecule has 2 aliphatic rings. The first-order valence-corrected chi connectivity index (χ1v) is 7.93. The standard InChI is InChI=1S/C17H28O3/c1-6-20-15(19)14-11(2)17(5)9-7-8-16(3,4)13(17)10-12(14)18/h11,13-14H,6-10H2,1-5H3/t11?,13-,14?,17+/m0/s1. The van der Waals surface area contributed by atoms with Gasteiger partial charge in [0, 0.05) is 6.42 Å². The van der Waals surface area contributed by atoms with Gasteiger partial charge in [0.05, 0.1) is 6.61 Å². The highest BCUT2D eigenvalue weighted by atomic mass is 16.5. The van der Waals surface area contributed by atoms with E-state index in [4.69, 9.17) is 4.74 Å². The second-order valence-corrected chi connectivity index (χ2v) is 7.59. The van der Waals surface area contributed by atoms with Crippen molar-refractivity contribution in [2.45, 2.75) is 60.3 Å². The lowest BCUT2D eigenvalue weighted by Crippen LogP contribution is -2.55. The topological polar surface area (TPSA) is 43.4 Å². The number of carbonyl (C=O) groups excluding carboxylic acids is 2. The van der Waals surface area contributed by atoms with Crippen LogP contribution in [0.15, 0.2) is 0 Å². The first-order valence-electron chi connectivity index (χ1n) is 7.93. The van der Waals surface area contributed by atoms with Crippen molar-refractivity contribution < 1.29 is 14.3 Å². The van der Waals surface area contributed by atoms with E-state index in [9.17, 15) is 9.59 Å². The SMILES string of the molecule is CCOC(=O)C1C(=O)C[C@H]2C(C)(C)CCC[C@]2(C)C1C. The van der Waals surface area contributed by atoms with Crippen molar-refractivity contribution >= 4 is 11.8 Å². The summed E-state index contributed by atoms with van der Waals surface area (Å²) >= 11 is 0. The Labute approximate surface area is 122 Å². The van der Waals surface area contributed by atoms with Gasteiger partial charge in [-0.2, -0.15) is 0 Å². The molecule has 2 unspecified atom stereocenters. The Bertz CT molecular complexity index is 412. The number of rotatable bonds is 2. The minimum atomic E-state index is -0.551. The van der Waals surface area contributed by atoms with Gasteiger partial charge in [0.25, 0.3) is 0 Å². The molecular weight excluding hydrogens is 252 g/mol. The van der Waals surface area contributed by atoms with E-state index < -0.39 is 5.92 Å². The molecular formula is C17H28O3. The molecule has 3 nitrogen and oxygen atoms in total. The average molecular weight is 280 g/mol. The molecule has 0 aromatic rings. The first-order chi connectivity index (χ1) is 9.24. The van der Waals surface area contributed by atoms with E-state index >= 15 is 0 Å². The summed E-state index contributed by atoms with van der Waals surface area (Å²) in [5, 5.41) is 0. The fraction of sp³-hybridized carbons (Fsp3) is 0.882. The molecule has 0 aromatic heterocycles. The lowest BCUT2D eigenvalue weighted by Gasteiger charge is -2.57. The summed E-state index contributed by atoms with van der Waals surface area (Å²) in [5.41, 5.74) is 0.267. The van der Waals surface area contributed by atoms with Crippen molar-refractivity contribution in [2.24, 2.45) is 28.6 Å². The fourth-order valence-electron chi connectivity index (χ4n) is 4.78. The zero-order valence-electron chi connectivity index (χ0n) is 13.5. The second kappa shape index (κ2) is 5.16. The van der Waals surface area contributed by atoms with Crippen molar-refractivity contribution in [1.29, 1.82) is 0 Å². The zero-order valence-corrected chi connectivity index (χ0v) is 13.5. The smallest absolute Gasteiger partial charge is 0.316 e. The molecule has 2 fully saturated rings. The number of esters is 1. The molecule has 2 saturated carbocycles. The molecule has 0 bridgehead atoms. The Kier molecular flexibility index (Phi) is 4.01. The number of ether oxygens (including phenoxy) is 1. The van der Waals surface area contributed by atoms with E-state index in [2.05, 4.69) is 27.7 Å². The van der Waals surface area contributed by atoms with Crippen LogP contribution in [-0.4, -0.2) is 18.4 Å². The van der Waals surface area contributed by atoms with Crippen molar-refractivity contribution in [2.75, 3.05) is 6.61 Å². The summed E-state index contributed by atoms with van der Waals surface area (Å²) in [6.45, 7) is 11.1. The maximum atomic E-state index is 12.5. The largest absolute Gasteiger partial charge is 0.465 e. The van der Waals surface area contributed by atoms with Gasteiger partial charge in [-0.15, -0.1) is 0 Å². The van der Waals surface area contributed by atoms with Crippen molar-refractivity contribution in [3.63, 3.8) is 0 Å². The van der Waals surface area contributed by atoms with Crippen LogP contribution in [0.5, 0.6) is 0 Å². The Balaban J connectivity index is 2.32. The molecule has 2 rings (SSSR count). The van der Waals surface area contributed by atoms with E-state index in [1.807, 2.05) is 0 Å². The van der Waals surface area contributed by atoms with Crippen LogP contribution in [0, 0.1) is 28.6 Å². The van der Waals surface area contributed by atoms with Crippen LogP contribution in [0.25, 0.3) is 0 Å². The third kappa shape index (κ3) is 2.29. The van der Waals surface area contributed by atoms with Gasteiger partial charge < -0.3 is 4.74 Å². The molecule has 0 aliphatic heterocycles. The maximum absolute atomic E-state index is 12.5. The van der Waals surface area contributed by atoms with Gasteiger partial charge in [-0.3, -0.25) is 9.59 Å². The molecule has 0 radical (unpaired) electrons. The van der Waals surface area contributed by atoms with Crippen LogP contribution < -0.4 is 0 Å². The normalized spacial score (nSPS) is 40.0. The van der Waals surface area contributed by atoms with E-state index in [0.29, 0.717) is 18.9 Å². The number of Topliss-reactive ketones (excluding diaryl/α,β-unsaturated/α-hetero) is 1. The van der Waals surface area contributed by atoms with Crippen molar-refractivity contribution in [3.05, 3.63) is 0 Å². The molecule has 4 atom stereocenters. The van der Waals surface area contributed by atoms with Crippen molar-refractivity contribution in [1.82, 2.24) is 0 Å². The summed E-state index contributed by atoms with van der Waals surface area (Å²) in [6.07, 6.45) is 4.02. The average Bonchev–Trinajstić information content (AvgIpc) is 2.33. The predicted octanol–water partition coefficient (Wildman–Crippen LogP) is 3.61. The van der Waals surface area contributed by atoms with E-state index in [1.54, 1.807) is 6.92 Å². The quantitative estimate of drug-likeness (QED) is 0.573. The minimum absolute atomic E-state index is 0.0763. The van der Waals surface area contributed by atoms with Crippen molar-refractivity contribution in [3.8, 4) is 0 Å². The number of fused-ring (bicyclic) bond motifs is 1. The Hall–Kier alpha value is -0.860. The van der Waals surface area contributed by atoms with Crippen LogP contribution in [0.1, 0.15) is 60.3 Å². The lowest BCUT2D eigenvalue weighted by atomic mass is 9.46. The summed E-state index contributed by atoms with van der Waals surface area (Å²) in [4.78, 5) is 24.7. The number of ketones is 1. The van der Waals surface area contributed by atoms with Gasteiger partial charge in [-0.05, 0) is 42.4 Å². The zero-order chi connectivity index (χ0) is 15.1. The van der Waals surface area contributed by atoms with Crippen LogP contribution in [0.2, 0.25) is 0 Å². The van der Waals surface area contributed by atoms with Gasteiger partial charge in [0.1, 0.15) is 11.7 Å². The monoisotopic (exact) mass is 280 g/mol. The van der Waals surface area contributed by atoms with Crippen LogP contribution >= 0.6 is 0 Å². The number of hydrogen-bond acceptors (Lipinski definition) is 3. The summed E-state index contributed by atoms with van der Waals surface area (Å²) in [5.74, 6) is -0.309. The molecule has 3 heteroatoms. The van der Waals surface area contributed by atoms with Crippen LogP contribution in [-0.2, 0) is 14.3 Å². The molecule has 114 valence electrons. The third-order valence-corrected chi connectivity index (χ3v) is 6.11. The Morgan fingerprint density at radius 2 is 1.95 bits per heavy atom. The first kappa shape index (κ1) is 15.5. The molecule has 0 amide bonds. The predicted molar refractivity (Wildman–Crippen MR) is 78.1 cm³/mol. The maximum Gasteiger partial charge on any atom is 0.316 e. The third-order valence-electron chi connectivity index (χ3n) is 6.11. The molecule has 2 aliphatic carbocycles. The van der Waals surface area contributed by atoms with Gasteiger partial charge in [-0.1, -0.05) is 34.1 Å². The summed E-state index contributed by atoms with van der Waals surface area (Å²) in [6, 6.07) is 0. The highest BCUT2D eigenvalue weighted by Gasteiger charge is 2.57. The minimum Gasteiger partial charge on any atom is -0.465 e. The number of carbonyl (C=O) groups is 2. The summed E-state index contributed by atoms with van der Waals surface area (Å²) in [7, 11) is 0. The van der Waals surface area contributed by atoms with Crippen LogP contribution in [0.4, 0.5) is 0 Å². The second-order valence-electron chi connectivity index (χ2n) is 7.59. The fourth-order valence-corrected chi connectivity index (χ4v) is 4.78. The van der Waals surface area contributed by atoms with E-state index in [0.717, 1.165) is 6.42 Å². The highest BCUT2D eigenvalue weighted by molar-refractivity contribution is 6.00. The highest BCUT2D eigenvalue weighted by Crippen LogP contribution is 2.60. The molecule has 0 saturated heterocycles. The molecule has 0 aromatic carbocycles. The van der Waals surface area contributed by atoms with Gasteiger partial charge in [0.2, 0.25) is 0 Å². The Morgan fingerprint density at radius 1 is 1.30 bits per heavy atom. The molecule has 0 spiro atoms. The number of hydrogen-bond donors (Lipinski definition) is 0. The summed E-state index contributed by atoms with van der Waals surface area (Å²) < 4.78 is 5.14. The lowest BCUT2D eigenvalue weighted by molar-refractivity contribution is -0.168. The molecule has 0 heterocycles. The molecule has 0 N–H and O–H groups in total. The van der Waals surface area contributed by atoms with E-state index in [-0.39, 0.29) is 28.5 Å². The van der Waals surface area contributed by atoms with E-state index in [1.165, 1.54) is 12.8 Å². The Morgan fingerprint density at radius 3 is 2.55 bits per heavy atom. The van der Waals surface area contributed by atoms with Crippen LogP contribution in [0.3, 0.4) is 0 Å². The molecule has 20 heavy (non-hydrogen) atoms. The van der Waals surface area contributed by atoms with Gasteiger partial charge >= 0.3 is 5.97 Å². The van der Waals surface area contributed by atoms with Gasteiger partial charge in [0.15, 0.2) is 0 Å².